The lowest BCUT2D eigenvalue weighted by atomic mass is 10.1. The van der Waals surface area contributed by atoms with Crippen molar-refractivity contribution in [1.29, 1.82) is 0 Å². The fourth-order valence-electron chi connectivity index (χ4n) is 1.83. The second-order valence-electron chi connectivity index (χ2n) is 4.50. The van der Waals surface area contributed by atoms with E-state index in [0.29, 0.717) is 0 Å². The monoisotopic (exact) mass is 266 g/mol. The van der Waals surface area contributed by atoms with E-state index in [1.54, 1.807) is 11.8 Å². The van der Waals surface area contributed by atoms with Crippen LogP contribution in [0.4, 0.5) is 5.69 Å². The summed E-state index contributed by atoms with van der Waals surface area (Å²) in [6, 6.07) is 6.02. The summed E-state index contributed by atoms with van der Waals surface area (Å²) < 4.78 is 0. The van der Waals surface area contributed by atoms with Crippen LogP contribution in [0, 0.1) is 6.92 Å². The molecule has 0 saturated heterocycles. The zero-order chi connectivity index (χ0) is 13.7. The van der Waals surface area contributed by atoms with Crippen molar-refractivity contribution >= 4 is 23.4 Å². The highest BCUT2D eigenvalue weighted by molar-refractivity contribution is 7.98. The Bertz CT molecular complexity index is 420. The van der Waals surface area contributed by atoms with Crippen LogP contribution in [0.3, 0.4) is 0 Å². The zero-order valence-electron chi connectivity index (χ0n) is 11.8. The summed E-state index contributed by atoms with van der Waals surface area (Å²) in [6.45, 7) is 4.08. The van der Waals surface area contributed by atoms with Crippen LogP contribution < -0.4 is 5.32 Å². The van der Waals surface area contributed by atoms with Crippen molar-refractivity contribution in [3.05, 3.63) is 29.3 Å². The fraction of sp³-hybridized carbons (Fsp3) is 0.500. The normalized spacial score (nSPS) is 12.1. The van der Waals surface area contributed by atoms with Gasteiger partial charge in [-0.05, 0) is 43.9 Å². The van der Waals surface area contributed by atoms with Gasteiger partial charge in [-0.3, -0.25) is 4.79 Å². The van der Waals surface area contributed by atoms with E-state index in [0.717, 1.165) is 22.6 Å². The van der Waals surface area contributed by atoms with Gasteiger partial charge in [-0.25, -0.2) is 0 Å². The van der Waals surface area contributed by atoms with Crippen LogP contribution in [0.2, 0.25) is 0 Å². The third-order valence-electron chi connectivity index (χ3n) is 3.13. The topological polar surface area (TPSA) is 32.3 Å². The molecule has 0 aliphatic rings. The van der Waals surface area contributed by atoms with Gasteiger partial charge < -0.3 is 10.2 Å². The summed E-state index contributed by atoms with van der Waals surface area (Å²) in [4.78, 5) is 14.1. The Morgan fingerprint density at radius 3 is 2.67 bits per heavy atom. The molecule has 0 saturated carbocycles. The number of amides is 1. The summed E-state index contributed by atoms with van der Waals surface area (Å²) in [6.07, 6.45) is 2.06. The molecule has 100 valence electrons. The molecule has 0 fully saturated rings. The van der Waals surface area contributed by atoms with Gasteiger partial charge in [0.25, 0.3) is 5.91 Å². The predicted octanol–water partition coefficient (Wildman–Crippen LogP) is 2.86. The van der Waals surface area contributed by atoms with Crippen LogP contribution in [0.25, 0.3) is 0 Å². The number of thioether (sulfide) groups is 1. The molecule has 4 heteroatoms. The highest BCUT2D eigenvalue weighted by atomic mass is 32.2. The van der Waals surface area contributed by atoms with Crippen LogP contribution in [0.1, 0.15) is 22.8 Å². The molecule has 1 N–H and O–H groups in total. The molecule has 3 nitrogen and oxygen atoms in total. The minimum Gasteiger partial charge on any atom is -0.388 e. The van der Waals surface area contributed by atoms with Crippen molar-refractivity contribution < 1.29 is 4.79 Å². The van der Waals surface area contributed by atoms with Crippen LogP contribution >= 0.6 is 11.8 Å². The Hall–Kier alpha value is -1.16. The molecule has 0 heterocycles. The molecular weight excluding hydrogens is 244 g/mol. The SMILES string of the molecule is CNc1ccc(C(=O)N(C)C(C)CSC)cc1C. The van der Waals surface area contributed by atoms with Gasteiger partial charge in [0.1, 0.15) is 0 Å². The lowest BCUT2D eigenvalue weighted by Gasteiger charge is -2.24. The van der Waals surface area contributed by atoms with Gasteiger partial charge in [0.2, 0.25) is 0 Å². The number of rotatable bonds is 5. The lowest BCUT2D eigenvalue weighted by molar-refractivity contribution is 0.0757. The fourth-order valence-corrected chi connectivity index (χ4v) is 2.54. The highest BCUT2D eigenvalue weighted by Crippen LogP contribution is 2.17. The number of anilines is 1. The van der Waals surface area contributed by atoms with Gasteiger partial charge in [-0.1, -0.05) is 0 Å². The molecule has 0 aliphatic heterocycles. The molecule has 1 rings (SSSR count). The summed E-state index contributed by atoms with van der Waals surface area (Å²) in [7, 11) is 3.75. The summed E-state index contributed by atoms with van der Waals surface area (Å²) >= 11 is 1.76. The van der Waals surface area contributed by atoms with Crippen molar-refractivity contribution in [3.63, 3.8) is 0 Å². The van der Waals surface area contributed by atoms with Crippen molar-refractivity contribution in [2.75, 3.05) is 31.4 Å². The van der Waals surface area contributed by atoms with E-state index in [4.69, 9.17) is 0 Å². The predicted molar refractivity (Wildman–Crippen MR) is 80.7 cm³/mol. The van der Waals surface area contributed by atoms with E-state index in [9.17, 15) is 4.79 Å². The summed E-state index contributed by atoms with van der Waals surface area (Å²) in [5.74, 6) is 1.04. The summed E-state index contributed by atoms with van der Waals surface area (Å²) in [5, 5.41) is 3.11. The molecule has 1 amide bonds. The Kier molecular flexibility index (Phi) is 5.54. The second kappa shape index (κ2) is 6.69. The van der Waals surface area contributed by atoms with Gasteiger partial charge in [0.05, 0.1) is 0 Å². The standard InChI is InChI=1S/C14H22N2OS/c1-10-8-12(6-7-13(10)15-3)14(17)16(4)11(2)9-18-5/h6-8,11,15H,9H2,1-5H3. The van der Waals surface area contributed by atoms with Gasteiger partial charge in [0.15, 0.2) is 0 Å². The van der Waals surface area contributed by atoms with Gasteiger partial charge in [-0.15, -0.1) is 0 Å². The van der Waals surface area contributed by atoms with Crippen molar-refractivity contribution in [3.8, 4) is 0 Å². The third-order valence-corrected chi connectivity index (χ3v) is 3.95. The maximum absolute atomic E-state index is 12.3. The van der Waals surface area contributed by atoms with Crippen LogP contribution in [0.15, 0.2) is 18.2 Å². The first-order valence-corrected chi connectivity index (χ1v) is 7.45. The van der Waals surface area contributed by atoms with E-state index in [-0.39, 0.29) is 11.9 Å². The average molecular weight is 266 g/mol. The molecule has 18 heavy (non-hydrogen) atoms. The Morgan fingerprint density at radius 1 is 1.50 bits per heavy atom. The Morgan fingerprint density at radius 2 is 2.17 bits per heavy atom. The van der Waals surface area contributed by atoms with E-state index in [2.05, 4.69) is 18.5 Å². The van der Waals surface area contributed by atoms with E-state index >= 15 is 0 Å². The number of aryl methyl sites for hydroxylation is 1. The van der Waals surface area contributed by atoms with E-state index in [1.807, 2.05) is 44.1 Å². The minimum atomic E-state index is 0.0855. The number of hydrogen-bond acceptors (Lipinski definition) is 3. The molecule has 0 aliphatic carbocycles. The average Bonchev–Trinajstić information content (AvgIpc) is 2.37. The van der Waals surface area contributed by atoms with Crippen LogP contribution in [0.5, 0.6) is 0 Å². The molecular formula is C14H22N2OS. The first kappa shape index (κ1) is 14.9. The number of carbonyl (C=O) groups is 1. The van der Waals surface area contributed by atoms with Crippen LogP contribution in [-0.4, -0.2) is 43.0 Å². The van der Waals surface area contributed by atoms with Gasteiger partial charge in [-0.2, -0.15) is 11.8 Å². The lowest BCUT2D eigenvalue weighted by Crippen LogP contribution is -2.36. The Labute approximate surface area is 114 Å². The highest BCUT2D eigenvalue weighted by Gasteiger charge is 2.17. The molecule has 0 radical (unpaired) electrons. The molecule has 0 spiro atoms. The van der Waals surface area contributed by atoms with Crippen molar-refractivity contribution in [1.82, 2.24) is 4.90 Å². The second-order valence-corrected chi connectivity index (χ2v) is 5.41. The molecule has 0 bridgehead atoms. The maximum atomic E-state index is 12.3. The van der Waals surface area contributed by atoms with Crippen LogP contribution in [-0.2, 0) is 0 Å². The Balaban J connectivity index is 2.87. The number of hydrogen-bond donors (Lipinski definition) is 1. The number of benzene rings is 1. The van der Waals surface area contributed by atoms with Gasteiger partial charge in [0, 0.05) is 37.1 Å². The zero-order valence-corrected chi connectivity index (χ0v) is 12.6. The quantitative estimate of drug-likeness (QED) is 0.889. The first-order chi connectivity index (χ1) is 8.51. The van der Waals surface area contributed by atoms with E-state index in [1.165, 1.54) is 0 Å². The smallest absolute Gasteiger partial charge is 0.253 e. The maximum Gasteiger partial charge on any atom is 0.253 e. The number of carbonyl (C=O) groups excluding carboxylic acids is 1. The molecule has 1 aromatic rings. The molecule has 1 aromatic carbocycles. The first-order valence-electron chi connectivity index (χ1n) is 6.05. The van der Waals surface area contributed by atoms with Crippen molar-refractivity contribution in [2.24, 2.45) is 0 Å². The molecule has 1 atom stereocenters. The van der Waals surface area contributed by atoms with Crippen molar-refractivity contribution in [2.45, 2.75) is 19.9 Å². The largest absolute Gasteiger partial charge is 0.388 e. The number of nitrogens with one attached hydrogen (secondary N) is 1. The minimum absolute atomic E-state index is 0.0855. The molecule has 1 unspecified atom stereocenters. The third kappa shape index (κ3) is 3.42. The van der Waals surface area contributed by atoms with E-state index < -0.39 is 0 Å². The number of nitrogens with zero attached hydrogens (tertiary/aromatic N) is 1. The molecule has 0 aromatic heterocycles. The van der Waals surface area contributed by atoms with Gasteiger partial charge >= 0.3 is 0 Å². The summed E-state index contributed by atoms with van der Waals surface area (Å²) in [5.41, 5.74) is 2.91.